The molecule has 0 atom stereocenters. The Hall–Kier alpha value is -1.82. The average Bonchev–Trinajstić information content (AvgIpc) is 2.49. The van der Waals surface area contributed by atoms with E-state index in [-0.39, 0.29) is 0 Å². The smallest absolute Gasteiger partial charge is 0.0224 e. The quantitative estimate of drug-likeness (QED) is 0.607. The Bertz CT molecular complexity index is 660. The molecule has 0 nitrogen and oxygen atoms in total. The summed E-state index contributed by atoms with van der Waals surface area (Å²) in [4.78, 5) is 0. The van der Waals surface area contributed by atoms with Gasteiger partial charge in [0.25, 0.3) is 0 Å². The lowest BCUT2D eigenvalue weighted by Gasteiger charge is -2.23. The Morgan fingerprint density at radius 2 is 1.48 bits per heavy atom. The van der Waals surface area contributed by atoms with Gasteiger partial charge < -0.3 is 0 Å². The van der Waals surface area contributed by atoms with E-state index in [1.54, 1.807) is 11.1 Å². The average molecular weight is 276 g/mol. The van der Waals surface area contributed by atoms with Crippen LogP contribution in [-0.2, 0) is 0 Å². The second kappa shape index (κ2) is 5.89. The molecule has 0 saturated heterocycles. The van der Waals surface area contributed by atoms with Crippen molar-refractivity contribution in [1.82, 2.24) is 0 Å². The molecule has 0 unspecified atom stereocenters. The van der Waals surface area contributed by atoms with Gasteiger partial charge in [0.05, 0.1) is 0 Å². The molecule has 0 aromatic heterocycles. The Morgan fingerprint density at radius 3 is 2.14 bits per heavy atom. The van der Waals surface area contributed by atoms with E-state index in [0.717, 1.165) is 6.42 Å². The maximum atomic E-state index is 2.40. The van der Waals surface area contributed by atoms with Crippen molar-refractivity contribution in [3.63, 3.8) is 0 Å². The van der Waals surface area contributed by atoms with Gasteiger partial charge in [-0.25, -0.2) is 0 Å². The molecule has 0 N–H and O–H groups in total. The highest BCUT2D eigenvalue weighted by Crippen LogP contribution is 2.37. The van der Waals surface area contributed by atoms with Crippen LogP contribution in [0.2, 0.25) is 0 Å². The normalized spacial score (nSPS) is 19.1. The van der Waals surface area contributed by atoms with Crippen molar-refractivity contribution in [2.45, 2.75) is 46.5 Å². The van der Waals surface area contributed by atoms with Crippen LogP contribution in [0.25, 0.3) is 5.57 Å². The summed E-state index contributed by atoms with van der Waals surface area (Å²) < 4.78 is 0. The number of allylic oxidation sites excluding steroid dienone is 8. The standard InChI is InChI=1S/C21H24/c1-15-8-10-18(11-9-15)19-12-13-21(17(3)14-19)20-7-5-4-6-16(20)2/h4,6,8-11,14H,5,7,12-13H2,1-3H3. The zero-order valence-corrected chi connectivity index (χ0v) is 13.4. The van der Waals surface area contributed by atoms with E-state index in [9.17, 15) is 0 Å². The van der Waals surface area contributed by atoms with Gasteiger partial charge in [-0.15, -0.1) is 0 Å². The highest BCUT2D eigenvalue weighted by Gasteiger charge is 2.17. The molecule has 21 heavy (non-hydrogen) atoms. The third-order valence-corrected chi connectivity index (χ3v) is 4.70. The van der Waals surface area contributed by atoms with Gasteiger partial charge in [-0.1, -0.05) is 48.1 Å². The van der Waals surface area contributed by atoms with E-state index >= 15 is 0 Å². The van der Waals surface area contributed by atoms with E-state index in [1.807, 2.05) is 0 Å². The van der Waals surface area contributed by atoms with E-state index in [4.69, 9.17) is 0 Å². The van der Waals surface area contributed by atoms with E-state index < -0.39 is 0 Å². The van der Waals surface area contributed by atoms with Crippen LogP contribution in [0.5, 0.6) is 0 Å². The SMILES string of the molecule is CC1=C(C2=C(C)C=C(c3ccc(C)cc3)CC2)CCC=C1. The van der Waals surface area contributed by atoms with Gasteiger partial charge in [0, 0.05) is 0 Å². The first-order chi connectivity index (χ1) is 10.1. The summed E-state index contributed by atoms with van der Waals surface area (Å²) in [6.07, 6.45) is 11.7. The van der Waals surface area contributed by atoms with Crippen LogP contribution in [0.3, 0.4) is 0 Å². The van der Waals surface area contributed by atoms with Crippen LogP contribution in [0.15, 0.2) is 64.8 Å². The van der Waals surface area contributed by atoms with Gasteiger partial charge in [0.2, 0.25) is 0 Å². The minimum Gasteiger partial charge on any atom is -0.0839 e. The van der Waals surface area contributed by atoms with Gasteiger partial charge >= 0.3 is 0 Å². The van der Waals surface area contributed by atoms with E-state index in [0.29, 0.717) is 0 Å². The minimum atomic E-state index is 1.16. The fourth-order valence-corrected chi connectivity index (χ4v) is 3.44. The first-order valence-electron chi connectivity index (χ1n) is 7.99. The maximum Gasteiger partial charge on any atom is -0.0224 e. The first-order valence-corrected chi connectivity index (χ1v) is 7.99. The molecule has 0 heterocycles. The van der Waals surface area contributed by atoms with Gasteiger partial charge in [0.15, 0.2) is 0 Å². The highest BCUT2D eigenvalue weighted by atomic mass is 14.2. The summed E-state index contributed by atoms with van der Waals surface area (Å²) in [6, 6.07) is 8.94. The van der Waals surface area contributed by atoms with Crippen molar-refractivity contribution in [2.75, 3.05) is 0 Å². The summed E-state index contributed by atoms with van der Waals surface area (Å²) in [6.45, 7) is 6.68. The lowest BCUT2D eigenvalue weighted by Crippen LogP contribution is -2.04. The van der Waals surface area contributed by atoms with Crippen molar-refractivity contribution in [3.05, 3.63) is 75.9 Å². The summed E-state index contributed by atoms with van der Waals surface area (Å²) in [7, 11) is 0. The van der Waals surface area contributed by atoms with Gasteiger partial charge in [0.1, 0.15) is 0 Å². The van der Waals surface area contributed by atoms with Gasteiger partial charge in [-0.05, 0) is 79.9 Å². The third-order valence-electron chi connectivity index (χ3n) is 4.70. The van der Waals surface area contributed by atoms with Crippen molar-refractivity contribution >= 4 is 5.57 Å². The summed E-state index contributed by atoms with van der Waals surface area (Å²) in [5, 5.41) is 0. The van der Waals surface area contributed by atoms with Crippen LogP contribution in [0, 0.1) is 6.92 Å². The van der Waals surface area contributed by atoms with Crippen molar-refractivity contribution in [3.8, 4) is 0 Å². The van der Waals surface area contributed by atoms with E-state index in [1.165, 1.54) is 47.1 Å². The second-order valence-electron chi connectivity index (χ2n) is 6.30. The Labute approximate surface area is 128 Å². The molecule has 0 fully saturated rings. The number of aryl methyl sites for hydroxylation is 1. The molecule has 2 aliphatic rings. The van der Waals surface area contributed by atoms with Crippen LogP contribution >= 0.6 is 0 Å². The molecule has 0 spiro atoms. The fourth-order valence-electron chi connectivity index (χ4n) is 3.44. The summed E-state index contributed by atoms with van der Waals surface area (Å²) in [5.74, 6) is 0. The van der Waals surface area contributed by atoms with Crippen molar-refractivity contribution in [2.24, 2.45) is 0 Å². The monoisotopic (exact) mass is 276 g/mol. The Balaban J connectivity index is 1.94. The fraction of sp³-hybridized carbons (Fsp3) is 0.333. The number of rotatable bonds is 2. The molecule has 0 bridgehead atoms. The molecule has 3 rings (SSSR count). The maximum absolute atomic E-state index is 2.40. The van der Waals surface area contributed by atoms with Gasteiger partial charge in [-0.3, -0.25) is 0 Å². The van der Waals surface area contributed by atoms with E-state index in [2.05, 4.69) is 63.3 Å². The largest absolute Gasteiger partial charge is 0.0839 e. The first kappa shape index (κ1) is 14.1. The lowest BCUT2D eigenvalue weighted by molar-refractivity contribution is 0.879. The summed E-state index contributed by atoms with van der Waals surface area (Å²) >= 11 is 0. The topological polar surface area (TPSA) is 0 Å². The molecule has 2 aliphatic carbocycles. The molecule has 0 saturated carbocycles. The lowest BCUT2D eigenvalue weighted by atomic mass is 9.82. The van der Waals surface area contributed by atoms with Crippen LogP contribution < -0.4 is 0 Å². The number of benzene rings is 1. The predicted molar refractivity (Wildman–Crippen MR) is 92.2 cm³/mol. The van der Waals surface area contributed by atoms with Gasteiger partial charge in [-0.2, -0.15) is 0 Å². The Kier molecular flexibility index (Phi) is 3.96. The zero-order valence-electron chi connectivity index (χ0n) is 13.4. The third kappa shape index (κ3) is 2.95. The molecule has 1 aromatic carbocycles. The van der Waals surface area contributed by atoms with Crippen molar-refractivity contribution in [1.29, 1.82) is 0 Å². The molecule has 0 amide bonds. The molecule has 0 aliphatic heterocycles. The Morgan fingerprint density at radius 1 is 0.762 bits per heavy atom. The number of hydrogen-bond acceptors (Lipinski definition) is 0. The molecular weight excluding hydrogens is 252 g/mol. The van der Waals surface area contributed by atoms with Crippen LogP contribution in [0.4, 0.5) is 0 Å². The molecule has 108 valence electrons. The van der Waals surface area contributed by atoms with Crippen molar-refractivity contribution < 1.29 is 0 Å². The number of hydrogen-bond donors (Lipinski definition) is 0. The molecule has 0 radical (unpaired) electrons. The zero-order chi connectivity index (χ0) is 14.8. The summed E-state index contributed by atoms with van der Waals surface area (Å²) in [5.41, 5.74) is 10.3. The second-order valence-corrected chi connectivity index (χ2v) is 6.30. The predicted octanol–water partition coefficient (Wildman–Crippen LogP) is 6.16. The minimum absolute atomic E-state index is 1.16. The van der Waals surface area contributed by atoms with Crippen LogP contribution in [-0.4, -0.2) is 0 Å². The molecule has 0 heteroatoms. The van der Waals surface area contributed by atoms with Crippen LogP contribution in [0.1, 0.15) is 50.7 Å². The highest BCUT2D eigenvalue weighted by molar-refractivity contribution is 5.71. The molecule has 1 aromatic rings. The molecular formula is C21H24.